The second-order valence-electron chi connectivity index (χ2n) is 4.72. The van der Waals surface area contributed by atoms with Crippen LogP contribution in [-0.2, 0) is 4.79 Å². The summed E-state index contributed by atoms with van der Waals surface area (Å²) in [6, 6.07) is 10.0. The summed E-state index contributed by atoms with van der Waals surface area (Å²) < 4.78 is 15.8. The van der Waals surface area contributed by atoms with Crippen LogP contribution in [0, 0.1) is 10.1 Å². The molecule has 132 valence electrons. The molecule has 0 aliphatic rings. The predicted molar refractivity (Wildman–Crippen MR) is 87.9 cm³/mol. The number of ether oxygens (including phenoxy) is 3. The maximum atomic E-state index is 11.7. The van der Waals surface area contributed by atoms with E-state index >= 15 is 0 Å². The molecule has 0 fully saturated rings. The Hall–Kier alpha value is -3.36. The molecule has 9 heteroatoms. The van der Waals surface area contributed by atoms with E-state index in [1.807, 2.05) is 12.1 Å². The van der Waals surface area contributed by atoms with Crippen molar-refractivity contribution in [2.75, 3.05) is 26.9 Å². The number of methoxy groups -OCH3 is 1. The predicted octanol–water partition coefficient (Wildman–Crippen LogP) is 1.57. The summed E-state index contributed by atoms with van der Waals surface area (Å²) in [5, 5.41) is 13.4. The lowest BCUT2D eigenvalue weighted by atomic mass is 10.3. The molecular formula is C16H17N3O6. The number of pyridine rings is 1. The van der Waals surface area contributed by atoms with Crippen molar-refractivity contribution in [1.82, 2.24) is 10.3 Å². The molecule has 0 unspecified atom stereocenters. The van der Waals surface area contributed by atoms with Crippen LogP contribution in [0.15, 0.2) is 42.6 Å². The fourth-order valence-electron chi connectivity index (χ4n) is 1.92. The molecule has 0 radical (unpaired) electrons. The van der Waals surface area contributed by atoms with Gasteiger partial charge in [0, 0.05) is 0 Å². The SMILES string of the molecule is COc1ccccc1OCCNC(=O)COc1cccnc1[N+](=O)[O-]. The number of nitrogens with one attached hydrogen (secondary N) is 1. The number of benzene rings is 1. The normalized spacial score (nSPS) is 9.96. The van der Waals surface area contributed by atoms with E-state index in [2.05, 4.69) is 10.3 Å². The fourth-order valence-corrected chi connectivity index (χ4v) is 1.92. The third-order valence-electron chi connectivity index (χ3n) is 3.03. The topological polar surface area (TPSA) is 113 Å². The van der Waals surface area contributed by atoms with Crippen LogP contribution in [0.2, 0.25) is 0 Å². The van der Waals surface area contributed by atoms with Crippen LogP contribution in [-0.4, -0.2) is 42.7 Å². The van der Waals surface area contributed by atoms with Gasteiger partial charge in [0.05, 0.1) is 13.7 Å². The summed E-state index contributed by atoms with van der Waals surface area (Å²) in [5.74, 6) is 0.243. The maximum Gasteiger partial charge on any atom is 0.406 e. The molecule has 9 nitrogen and oxygen atoms in total. The zero-order valence-electron chi connectivity index (χ0n) is 13.5. The van der Waals surface area contributed by atoms with E-state index in [1.165, 1.54) is 18.3 Å². The van der Waals surface area contributed by atoms with Crippen LogP contribution in [0.1, 0.15) is 0 Å². The van der Waals surface area contributed by atoms with E-state index in [0.29, 0.717) is 11.5 Å². The van der Waals surface area contributed by atoms with E-state index < -0.39 is 16.6 Å². The van der Waals surface area contributed by atoms with Gasteiger partial charge in [-0.15, -0.1) is 0 Å². The Balaban J connectivity index is 1.74. The monoisotopic (exact) mass is 347 g/mol. The summed E-state index contributed by atoms with van der Waals surface area (Å²) in [6.07, 6.45) is 1.28. The smallest absolute Gasteiger partial charge is 0.406 e. The Kier molecular flexibility index (Phi) is 6.52. The van der Waals surface area contributed by atoms with Crippen molar-refractivity contribution in [3.05, 3.63) is 52.7 Å². The Labute approximate surface area is 143 Å². The summed E-state index contributed by atoms with van der Waals surface area (Å²) in [4.78, 5) is 25.4. The fraction of sp³-hybridized carbons (Fsp3) is 0.250. The highest BCUT2D eigenvalue weighted by Gasteiger charge is 2.16. The molecule has 1 aromatic carbocycles. The Morgan fingerprint density at radius 2 is 1.88 bits per heavy atom. The van der Waals surface area contributed by atoms with E-state index in [1.54, 1.807) is 19.2 Å². The van der Waals surface area contributed by atoms with Gasteiger partial charge in [0.2, 0.25) is 5.75 Å². The van der Waals surface area contributed by atoms with Crippen LogP contribution in [0.4, 0.5) is 5.82 Å². The molecule has 1 N–H and O–H groups in total. The molecule has 0 aliphatic carbocycles. The lowest BCUT2D eigenvalue weighted by molar-refractivity contribution is -0.390. The van der Waals surface area contributed by atoms with Crippen LogP contribution in [0.25, 0.3) is 0 Å². The van der Waals surface area contributed by atoms with E-state index in [0.717, 1.165) is 0 Å². The molecule has 0 saturated heterocycles. The van der Waals surface area contributed by atoms with E-state index in [4.69, 9.17) is 14.2 Å². The molecule has 2 rings (SSSR count). The van der Waals surface area contributed by atoms with Gasteiger partial charge >= 0.3 is 5.82 Å². The number of hydrogen-bond donors (Lipinski definition) is 1. The highest BCUT2D eigenvalue weighted by Crippen LogP contribution is 2.25. The number of aromatic nitrogens is 1. The first-order valence-corrected chi connectivity index (χ1v) is 7.36. The van der Waals surface area contributed by atoms with Crippen LogP contribution in [0.3, 0.4) is 0 Å². The minimum Gasteiger partial charge on any atom is -0.493 e. The summed E-state index contributed by atoms with van der Waals surface area (Å²) in [7, 11) is 1.54. The quantitative estimate of drug-likeness (QED) is 0.416. The van der Waals surface area contributed by atoms with Gasteiger partial charge in [-0.05, 0) is 34.2 Å². The minimum atomic E-state index is -0.672. The van der Waals surface area contributed by atoms with Crippen molar-refractivity contribution in [1.29, 1.82) is 0 Å². The molecule has 0 spiro atoms. The molecule has 0 bridgehead atoms. The van der Waals surface area contributed by atoms with Crippen molar-refractivity contribution in [3.63, 3.8) is 0 Å². The molecule has 1 heterocycles. The Morgan fingerprint density at radius 3 is 2.60 bits per heavy atom. The minimum absolute atomic E-state index is 0.0621. The number of rotatable bonds is 9. The van der Waals surface area contributed by atoms with Gasteiger partial charge in [-0.1, -0.05) is 12.1 Å². The lowest BCUT2D eigenvalue weighted by Gasteiger charge is -2.11. The van der Waals surface area contributed by atoms with Crippen molar-refractivity contribution < 1.29 is 23.9 Å². The molecule has 1 aromatic heterocycles. The van der Waals surface area contributed by atoms with Gasteiger partial charge < -0.3 is 29.6 Å². The standard InChI is InChI=1S/C16H17N3O6/c1-23-12-5-2-3-6-13(12)24-10-9-17-15(20)11-25-14-7-4-8-18-16(14)19(21)22/h2-8H,9-11H2,1H3,(H,17,20). The zero-order valence-corrected chi connectivity index (χ0v) is 13.5. The first-order valence-electron chi connectivity index (χ1n) is 7.36. The number of para-hydroxylation sites is 2. The van der Waals surface area contributed by atoms with Crippen molar-refractivity contribution in [2.45, 2.75) is 0 Å². The summed E-state index contributed by atoms with van der Waals surface area (Å²) >= 11 is 0. The number of carbonyl (C=O) groups excluding carboxylic acids is 1. The second kappa shape index (κ2) is 9.06. The maximum absolute atomic E-state index is 11.7. The zero-order chi connectivity index (χ0) is 18.1. The van der Waals surface area contributed by atoms with E-state index in [-0.39, 0.29) is 25.5 Å². The molecule has 25 heavy (non-hydrogen) atoms. The van der Waals surface area contributed by atoms with Crippen LogP contribution in [0.5, 0.6) is 17.2 Å². The first-order chi connectivity index (χ1) is 12.1. The van der Waals surface area contributed by atoms with Gasteiger partial charge in [0.15, 0.2) is 18.1 Å². The Bertz CT molecular complexity index is 737. The number of nitrogens with zero attached hydrogens (tertiary/aromatic N) is 2. The van der Waals surface area contributed by atoms with Crippen molar-refractivity contribution in [3.8, 4) is 17.2 Å². The number of nitro groups is 1. The third kappa shape index (κ3) is 5.34. The van der Waals surface area contributed by atoms with Crippen molar-refractivity contribution >= 4 is 11.7 Å². The van der Waals surface area contributed by atoms with Gasteiger partial charge in [0.25, 0.3) is 5.91 Å². The molecule has 1 amide bonds. The van der Waals surface area contributed by atoms with E-state index in [9.17, 15) is 14.9 Å². The van der Waals surface area contributed by atoms with Gasteiger partial charge in [-0.25, -0.2) is 0 Å². The highest BCUT2D eigenvalue weighted by molar-refractivity contribution is 5.77. The highest BCUT2D eigenvalue weighted by atomic mass is 16.6. The average Bonchev–Trinajstić information content (AvgIpc) is 2.64. The summed E-state index contributed by atoms with van der Waals surface area (Å²) in [6.45, 7) is 0.121. The molecule has 0 aliphatic heterocycles. The number of carbonyl (C=O) groups is 1. The third-order valence-corrected chi connectivity index (χ3v) is 3.03. The number of hydrogen-bond acceptors (Lipinski definition) is 7. The number of amides is 1. The average molecular weight is 347 g/mol. The van der Waals surface area contributed by atoms with Gasteiger partial charge in [-0.2, -0.15) is 0 Å². The van der Waals surface area contributed by atoms with Crippen LogP contribution >= 0.6 is 0 Å². The van der Waals surface area contributed by atoms with Crippen LogP contribution < -0.4 is 19.5 Å². The second-order valence-corrected chi connectivity index (χ2v) is 4.72. The molecule has 0 atom stereocenters. The van der Waals surface area contributed by atoms with Crippen molar-refractivity contribution in [2.24, 2.45) is 0 Å². The Morgan fingerprint density at radius 1 is 1.16 bits per heavy atom. The van der Waals surface area contributed by atoms with Gasteiger partial charge in [-0.3, -0.25) is 4.79 Å². The molecule has 2 aromatic rings. The lowest BCUT2D eigenvalue weighted by Crippen LogP contribution is -2.32. The largest absolute Gasteiger partial charge is 0.493 e. The molecular weight excluding hydrogens is 330 g/mol. The summed E-state index contributed by atoms with van der Waals surface area (Å²) in [5.41, 5.74) is 0. The first kappa shape index (κ1) is 18.0. The molecule has 0 saturated carbocycles. The van der Waals surface area contributed by atoms with Gasteiger partial charge in [0.1, 0.15) is 12.8 Å².